The first kappa shape index (κ1) is 25.1. The number of imide groups is 1. The monoisotopic (exact) mass is 585 g/mol. The molecular formula is C27H25BrClN3O3S. The molecule has 0 spiro atoms. The molecular weight excluding hydrogens is 562 g/mol. The molecule has 2 aliphatic heterocycles. The van der Waals surface area contributed by atoms with Crippen LogP contribution in [0.1, 0.15) is 37.3 Å². The highest BCUT2D eigenvalue weighted by Gasteiger charge is 2.35. The van der Waals surface area contributed by atoms with Gasteiger partial charge in [-0.3, -0.25) is 19.3 Å². The quantitative estimate of drug-likeness (QED) is 0.312. The SMILES string of the molecule is C[C@@H]1CCCCN1C(=O)Cn1cc(/C=C2\SC(=O)N(Cc3ccccc3Cl)C2=O)c2cc(Br)ccc21. The molecule has 3 heterocycles. The molecule has 0 N–H and O–H groups in total. The highest BCUT2D eigenvalue weighted by molar-refractivity contribution is 9.10. The van der Waals surface area contributed by atoms with E-state index in [4.69, 9.17) is 11.6 Å². The Morgan fingerprint density at radius 2 is 2.00 bits per heavy atom. The molecule has 9 heteroatoms. The lowest BCUT2D eigenvalue weighted by atomic mass is 10.0. The van der Waals surface area contributed by atoms with Crippen molar-refractivity contribution < 1.29 is 14.4 Å². The number of nitrogens with zero attached hydrogens (tertiary/aromatic N) is 3. The summed E-state index contributed by atoms with van der Waals surface area (Å²) in [6.45, 7) is 3.24. The van der Waals surface area contributed by atoms with E-state index in [-0.39, 0.29) is 36.2 Å². The van der Waals surface area contributed by atoms with Gasteiger partial charge < -0.3 is 9.47 Å². The summed E-state index contributed by atoms with van der Waals surface area (Å²) in [5.41, 5.74) is 2.40. The Morgan fingerprint density at radius 1 is 1.19 bits per heavy atom. The highest BCUT2D eigenvalue weighted by Crippen LogP contribution is 2.36. The first-order valence-electron chi connectivity index (χ1n) is 11.9. The fourth-order valence-corrected chi connectivity index (χ4v) is 6.21. The summed E-state index contributed by atoms with van der Waals surface area (Å²) in [5, 5.41) is 1.09. The van der Waals surface area contributed by atoms with Crippen LogP contribution >= 0.6 is 39.3 Å². The Bertz CT molecular complexity index is 1400. The predicted molar refractivity (Wildman–Crippen MR) is 148 cm³/mol. The van der Waals surface area contributed by atoms with E-state index in [2.05, 4.69) is 22.9 Å². The molecule has 5 rings (SSSR count). The molecule has 0 radical (unpaired) electrons. The molecule has 36 heavy (non-hydrogen) atoms. The van der Waals surface area contributed by atoms with Crippen molar-refractivity contribution in [2.45, 2.75) is 45.3 Å². The van der Waals surface area contributed by atoms with Gasteiger partial charge in [-0.25, -0.2) is 0 Å². The average molecular weight is 587 g/mol. The maximum atomic E-state index is 13.2. The molecule has 0 bridgehead atoms. The third kappa shape index (κ3) is 4.99. The summed E-state index contributed by atoms with van der Waals surface area (Å²) in [6.07, 6.45) is 6.86. The van der Waals surface area contributed by atoms with Gasteiger partial charge in [0.25, 0.3) is 11.1 Å². The van der Waals surface area contributed by atoms with Gasteiger partial charge in [0, 0.05) is 44.7 Å². The van der Waals surface area contributed by atoms with Crippen LogP contribution in [-0.2, 0) is 22.7 Å². The second-order valence-corrected chi connectivity index (χ2v) is 11.5. The maximum Gasteiger partial charge on any atom is 0.293 e. The van der Waals surface area contributed by atoms with E-state index in [0.717, 1.165) is 58.5 Å². The molecule has 1 atom stereocenters. The summed E-state index contributed by atoms with van der Waals surface area (Å²) >= 11 is 10.7. The Hall–Kier alpha value is -2.55. The number of carbonyl (C=O) groups excluding carboxylic acids is 3. The van der Waals surface area contributed by atoms with Crippen LogP contribution in [0.2, 0.25) is 5.02 Å². The van der Waals surface area contributed by atoms with Gasteiger partial charge in [0.15, 0.2) is 0 Å². The fraction of sp³-hybridized carbons (Fsp3) is 0.296. The van der Waals surface area contributed by atoms with Gasteiger partial charge in [0.05, 0.1) is 11.4 Å². The average Bonchev–Trinajstić information content (AvgIpc) is 3.31. The number of carbonyl (C=O) groups is 3. The second kappa shape index (κ2) is 10.4. The minimum atomic E-state index is -0.348. The smallest absolute Gasteiger partial charge is 0.293 e. The van der Waals surface area contributed by atoms with E-state index >= 15 is 0 Å². The molecule has 3 aromatic rings. The molecule has 6 nitrogen and oxygen atoms in total. The topological polar surface area (TPSA) is 62.6 Å². The molecule has 3 amide bonds. The van der Waals surface area contributed by atoms with Gasteiger partial charge in [0.2, 0.25) is 5.91 Å². The minimum Gasteiger partial charge on any atom is -0.338 e. The van der Waals surface area contributed by atoms with Crippen LogP contribution in [0.3, 0.4) is 0 Å². The number of hydrogen-bond acceptors (Lipinski definition) is 4. The zero-order valence-electron chi connectivity index (χ0n) is 19.7. The number of thioether (sulfide) groups is 1. The Morgan fingerprint density at radius 3 is 2.78 bits per heavy atom. The van der Waals surface area contributed by atoms with E-state index in [1.165, 1.54) is 4.90 Å². The number of rotatable bonds is 5. The maximum absolute atomic E-state index is 13.2. The number of benzene rings is 2. The van der Waals surface area contributed by atoms with Gasteiger partial charge in [-0.1, -0.05) is 45.7 Å². The van der Waals surface area contributed by atoms with Crippen LogP contribution in [0.4, 0.5) is 4.79 Å². The van der Waals surface area contributed by atoms with Gasteiger partial charge >= 0.3 is 0 Å². The van der Waals surface area contributed by atoms with Gasteiger partial charge in [-0.05, 0) is 73.9 Å². The summed E-state index contributed by atoms with van der Waals surface area (Å²) < 4.78 is 2.83. The molecule has 1 aromatic heterocycles. The predicted octanol–water partition coefficient (Wildman–Crippen LogP) is 6.69. The van der Waals surface area contributed by atoms with Crippen molar-refractivity contribution in [1.82, 2.24) is 14.4 Å². The summed E-state index contributed by atoms with van der Waals surface area (Å²) in [6, 6.07) is 13.3. The Labute approximate surface area is 227 Å². The van der Waals surface area contributed by atoms with E-state index in [9.17, 15) is 14.4 Å². The number of amides is 3. The Balaban J connectivity index is 1.44. The van der Waals surface area contributed by atoms with Crippen LogP contribution in [0, 0.1) is 0 Å². The number of likely N-dealkylation sites (tertiary alicyclic amines) is 1. The normalized spacial score (nSPS) is 19.6. The fourth-order valence-electron chi connectivity index (χ4n) is 4.82. The standard InChI is InChI=1S/C27H25BrClN3O3S/c1-17-6-4-5-11-31(17)25(33)16-30-14-19(21-13-20(28)9-10-23(21)30)12-24-26(34)32(27(35)36-24)15-18-7-2-3-8-22(18)29/h2-3,7-10,12-14,17H,4-6,11,15-16H2,1H3/b24-12-/t17-/m1/s1. The van der Waals surface area contributed by atoms with Crippen LogP contribution in [-0.4, -0.2) is 44.0 Å². The highest BCUT2D eigenvalue weighted by atomic mass is 79.9. The lowest BCUT2D eigenvalue weighted by Crippen LogP contribution is -2.43. The third-order valence-corrected chi connectivity index (χ3v) is 8.52. The molecule has 2 aromatic carbocycles. The van der Waals surface area contributed by atoms with Crippen LogP contribution in [0.15, 0.2) is 58.0 Å². The molecule has 0 unspecified atom stereocenters. The van der Waals surface area contributed by atoms with Crippen LogP contribution < -0.4 is 0 Å². The van der Waals surface area contributed by atoms with Crippen molar-refractivity contribution >= 4 is 73.3 Å². The van der Waals surface area contributed by atoms with Crippen LogP contribution in [0.5, 0.6) is 0 Å². The first-order chi connectivity index (χ1) is 17.3. The minimum absolute atomic E-state index is 0.0913. The van der Waals surface area contributed by atoms with Crippen molar-refractivity contribution in [2.75, 3.05) is 6.54 Å². The molecule has 0 aliphatic carbocycles. The van der Waals surface area contributed by atoms with E-state index < -0.39 is 0 Å². The largest absolute Gasteiger partial charge is 0.338 e. The van der Waals surface area contributed by atoms with Crippen molar-refractivity contribution in [1.29, 1.82) is 0 Å². The summed E-state index contributed by atoms with van der Waals surface area (Å²) in [5.74, 6) is -0.257. The summed E-state index contributed by atoms with van der Waals surface area (Å²) in [7, 11) is 0. The molecule has 0 saturated carbocycles. The molecule has 2 fully saturated rings. The van der Waals surface area contributed by atoms with Gasteiger partial charge in [-0.2, -0.15) is 0 Å². The van der Waals surface area contributed by atoms with Crippen LogP contribution in [0.25, 0.3) is 17.0 Å². The second-order valence-electron chi connectivity index (χ2n) is 9.17. The number of piperidine rings is 1. The zero-order chi connectivity index (χ0) is 25.4. The van der Waals surface area contributed by atoms with E-state index in [1.54, 1.807) is 18.2 Å². The lowest BCUT2D eigenvalue weighted by Gasteiger charge is -2.33. The van der Waals surface area contributed by atoms with Gasteiger partial charge in [-0.15, -0.1) is 0 Å². The number of fused-ring (bicyclic) bond motifs is 1. The number of aromatic nitrogens is 1. The molecule has 2 saturated heterocycles. The molecule has 186 valence electrons. The lowest BCUT2D eigenvalue weighted by molar-refractivity contribution is -0.135. The zero-order valence-corrected chi connectivity index (χ0v) is 22.9. The van der Waals surface area contributed by atoms with E-state index in [1.807, 2.05) is 46.0 Å². The third-order valence-electron chi connectivity index (χ3n) is 6.75. The van der Waals surface area contributed by atoms with Crippen molar-refractivity contribution in [3.8, 4) is 0 Å². The first-order valence-corrected chi connectivity index (χ1v) is 13.9. The van der Waals surface area contributed by atoms with Crippen molar-refractivity contribution in [3.05, 3.63) is 74.2 Å². The molecule has 2 aliphatic rings. The number of hydrogen-bond donors (Lipinski definition) is 0. The number of halogens is 2. The Kier molecular flexibility index (Phi) is 7.28. The van der Waals surface area contributed by atoms with E-state index in [0.29, 0.717) is 15.5 Å². The van der Waals surface area contributed by atoms with Crippen molar-refractivity contribution in [2.24, 2.45) is 0 Å². The summed E-state index contributed by atoms with van der Waals surface area (Å²) in [4.78, 5) is 42.5. The van der Waals surface area contributed by atoms with Gasteiger partial charge in [0.1, 0.15) is 6.54 Å². The van der Waals surface area contributed by atoms with Crippen molar-refractivity contribution in [3.63, 3.8) is 0 Å².